The number of nitrogens with zero attached hydrogens (tertiary/aromatic N) is 4. The van der Waals surface area contributed by atoms with E-state index in [1.54, 1.807) is 10.7 Å². The van der Waals surface area contributed by atoms with Crippen LogP contribution in [0.2, 0.25) is 0 Å². The van der Waals surface area contributed by atoms with Crippen LogP contribution >= 0.6 is 0 Å². The lowest BCUT2D eigenvalue weighted by Crippen LogP contribution is -2.27. The first-order valence-electron chi connectivity index (χ1n) is 6.37. The number of aromatic amines is 1. The van der Waals surface area contributed by atoms with E-state index in [1.807, 2.05) is 13.8 Å². The Labute approximate surface area is 111 Å². The van der Waals surface area contributed by atoms with Crippen molar-refractivity contribution in [3.05, 3.63) is 29.6 Å². The smallest absolute Gasteiger partial charge is 0.269 e. The molecule has 2 aromatic heterocycles. The van der Waals surface area contributed by atoms with Crippen LogP contribution < -0.4 is 5.32 Å². The van der Waals surface area contributed by atoms with Gasteiger partial charge in [-0.05, 0) is 26.3 Å². The average molecular weight is 262 g/mol. The number of aromatic nitrogens is 5. The quantitative estimate of drug-likeness (QED) is 0.750. The van der Waals surface area contributed by atoms with Crippen molar-refractivity contribution in [2.75, 3.05) is 6.54 Å². The molecule has 0 saturated carbocycles. The molecular formula is C12H18N6O. The van der Waals surface area contributed by atoms with Crippen molar-refractivity contribution in [3.8, 4) is 0 Å². The van der Waals surface area contributed by atoms with Gasteiger partial charge in [0.15, 0.2) is 0 Å². The summed E-state index contributed by atoms with van der Waals surface area (Å²) in [5.41, 5.74) is 1.47. The van der Waals surface area contributed by atoms with Crippen molar-refractivity contribution in [2.24, 2.45) is 0 Å². The van der Waals surface area contributed by atoms with E-state index in [0.717, 1.165) is 24.4 Å². The lowest BCUT2D eigenvalue weighted by molar-refractivity contribution is 0.0942. The van der Waals surface area contributed by atoms with Crippen molar-refractivity contribution < 1.29 is 4.79 Å². The van der Waals surface area contributed by atoms with Gasteiger partial charge in [-0.2, -0.15) is 10.2 Å². The molecule has 7 nitrogen and oxygen atoms in total. The number of rotatable bonds is 6. The number of hydrogen-bond acceptors (Lipinski definition) is 4. The minimum Gasteiger partial charge on any atom is -0.351 e. The number of carbonyl (C=O) groups excluding carboxylic acids is 1. The third kappa shape index (κ3) is 3.40. The van der Waals surface area contributed by atoms with Crippen LogP contribution in [-0.2, 0) is 13.0 Å². The van der Waals surface area contributed by atoms with Gasteiger partial charge in [0.2, 0.25) is 0 Å². The Morgan fingerprint density at radius 1 is 1.53 bits per heavy atom. The zero-order valence-electron chi connectivity index (χ0n) is 11.2. The van der Waals surface area contributed by atoms with E-state index in [9.17, 15) is 4.79 Å². The maximum absolute atomic E-state index is 12.0. The fourth-order valence-electron chi connectivity index (χ4n) is 1.87. The molecule has 0 radical (unpaired) electrons. The average Bonchev–Trinajstić information content (AvgIpc) is 3.03. The van der Waals surface area contributed by atoms with E-state index in [2.05, 4.69) is 25.6 Å². The van der Waals surface area contributed by atoms with Crippen LogP contribution in [0.5, 0.6) is 0 Å². The van der Waals surface area contributed by atoms with Crippen LogP contribution in [-0.4, -0.2) is 37.4 Å². The largest absolute Gasteiger partial charge is 0.351 e. The zero-order valence-corrected chi connectivity index (χ0v) is 11.2. The zero-order chi connectivity index (χ0) is 13.7. The van der Waals surface area contributed by atoms with Crippen LogP contribution in [0.25, 0.3) is 0 Å². The van der Waals surface area contributed by atoms with Gasteiger partial charge in [-0.15, -0.1) is 0 Å². The third-order valence-corrected chi connectivity index (χ3v) is 2.78. The first kappa shape index (κ1) is 13.3. The Bertz CT molecular complexity index is 530. The lowest BCUT2D eigenvalue weighted by atomic mass is 10.3. The Morgan fingerprint density at radius 3 is 3.05 bits per heavy atom. The van der Waals surface area contributed by atoms with Gasteiger partial charge >= 0.3 is 0 Å². The molecule has 0 aromatic carbocycles. The number of hydrogen-bond donors (Lipinski definition) is 2. The molecule has 0 aliphatic carbocycles. The second kappa shape index (κ2) is 6.12. The highest BCUT2D eigenvalue weighted by Crippen LogP contribution is 2.03. The van der Waals surface area contributed by atoms with Gasteiger partial charge in [0.25, 0.3) is 5.91 Å². The molecule has 0 aliphatic rings. The highest BCUT2D eigenvalue weighted by atomic mass is 16.2. The van der Waals surface area contributed by atoms with Crippen LogP contribution in [0, 0.1) is 6.92 Å². The standard InChI is InChI=1S/C12H18N6O/c1-3-18-10(7-9(2)17-18)12(19)13-6-4-5-11-14-8-15-16-11/h7-8H,3-6H2,1-2H3,(H,13,19)(H,14,15,16). The molecule has 2 rings (SSSR count). The summed E-state index contributed by atoms with van der Waals surface area (Å²) in [5, 5.41) is 13.7. The molecule has 0 atom stereocenters. The summed E-state index contributed by atoms with van der Waals surface area (Å²) in [5.74, 6) is 0.753. The highest BCUT2D eigenvalue weighted by molar-refractivity contribution is 5.92. The van der Waals surface area contributed by atoms with E-state index in [0.29, 0.717) is 18.8 Å². The Kier molecular flexibility index (Phi) is 4.27. The van der Waals surface area contributed by atoms with Gasteiger partial charge in [-0.3, -0.25) is 14.6 Å². The minimum atomic E-state index is -0.0833. The molecular weight excluding hydrogens is 244 g/mol. The molecule has 0 spiro atoms. The Balaban J connectivity index is 1.80. The predicted octanol–water partition coefficient (Wildman–Crippen LogP) is 0.692. The number of nitrogens with one attached hydrogen (secondary N) is 2. The fraction of sp³-hybridized carbons (Fsp3) is 0.500. The number of aryl methyl sites for hydroxylation is 3. The van der Waals surface area contributed by atoms with Crippen molar-refractivity contribution in [1.29, 1.82) is 0 Å². The lowest BCUT2D eigenvalue weighted by Gasteiger charge is -2.05. The van der Waals surface area contributed by atoms with Crippen molar-refractivity contribution >= 4 is 5.91 Å². The van der Waals surface area contributed by atoms with E-state index in [1.165, 1.54) is 6.33 Å². The molecule has 0 bridgehead atoms. The molecule has 2 N–H and O–H groups in total. The summed E-state index contributed by atoms with van der Waals surface area (Å²) in [4.78, 5) is 16.0. The van der Waals surface area contributed by atoms with Gasteiger partial charge in [-0.1, -0.05) is 0 Å². The second-order valence-electron chi connectivity index (χ2n) is 4.28. The van der Waals surface area contributed by atoms with Crippen LogP contribution in [0.4, 0.5) is 0 Å². The first-order valence-corrected chi connectivity index (χ1v) is 6.37. The molecule has 0 saturated heterocycles. The van der Waals surface area contributed by atoms with E-state index in [-0.39, 0.29) is 5.91 Å². The SMILES string of the molecule is CCn1nc(C)cc1C(=O)NCCCc1ncn[nH]1. The number of amides is 1. The molecule has 1 amide bonds. The highest BCUT2D eigenvalue weighted by Gasteiger charge is 2.12. The summed E-state index contributed by atoms with van der Waals surface area (Å²) in [6.07, 6.45) is 3.07. The van der Waals surface area contributed by atoms with Crippen molar-refractivity contribution in [2.45, 2.75) is 33.2 Å². The maximum atomic E-state index is 12.0. The molecule has 7 heteroatoms. The van der Waals surface area contributed by atoms with Crippen LogP contribution in [0.3, 0.4) is 0 Å². The summed E-state index contributed by atoms with van der Waals surface area (Å²) in [6.45, 7) is 5.14. The molecule has 2 heterocycles. The fourth-order valence-corrected chi connectivity index (χ4v) is 1.87. The van der Waals surface area contributed by atoms with Crippen molar-refractivity contribution in [3.63, 3.8) is 0 Å². The molecule has 19 heavy (non-hydrogen) atoms. The van der Waals surface area contributed by atoms with E-state index in [4.69, 9.17) is 0 Å². The van der Waals surface area contributed by atoms with Gasteiger partial charge in [0.05, 0.1) is 5.69 Å². The molecule has 2 aromatic rings. The van der Waals surface area contributed by atoms with Crippen LogP contribution in [0.1, 0.15) is 35.4 Å². The summed E-state index contributed by atoms with van der Waals surface area (Å²) < 4.78 is 1.71. The van der Waals surface area contributed by atoms with Gasteiger partial charge < -0.3 is 5.32 Å². The third-order valence-electron chi connectivity index (χ3n) is 2.78. The van der Waals surface area contributed by atoms with E-state index < -0.39 is 0 Å². The monoisotopic (exact) mass is 262 g/mol. The number of H-pyrrole nitrogens is 1. The second-order valence-corrected chi connectivity index (χ2v) is 4.28. The van der Waals surface area contributed by atoms with Gasteiger partial charge in [0, 0.05) is 19.5 Å². The molecule has 0 aliphatic heterocycles. The first-order chi connectivity index (χ1) is 9.20. The Hall–Kier alpha value is -2.18. The summed E-state index contributed by atoms with van der Waals surface area (Å²) in [7, 11) is 0. The van der Waals surface area contributed by atoms with Crippen LogP contribution in [0.15, 0.2) is 12.4 Å². The number of carbonyl (C=O) groups is 1. The topological polar surface area (TPSA) is 88.5 Å². The molecule has 0 fully saturated rings. The van der Waals surface area contributed by atoms with Gasteiger partial charge in [-0.25, -0.2) is 4.98 Å². The normalized spacial score (nSPS) is 10.6. The van der Waals surface area contributed by atoms with Gasteiger partial charge in [0.1, 0.15) is 17.8 Å². The minimum absolute atomic E-state index is 0.0833. The Morgan fingerprint density at radius 2 is 2.37 bits per heavy atom. The molecule has 0 unspecified atom stereocenters. The van der Waals surface area contributed by atoms with Crippen molar-refractivity contribution in [1.82, 2.24) is 30.3 Å². The summed E-state index contributed by atoms with van der Waals surface area (Å²) in [6, 6.07) is 1.80. The van der Waals surface area contributed by atoms with E-state index >= 15 is 0 Å². The summed E-state index contributed by atoms with van der Waals surface area (Å²) >= 11 is 0. The molecule has 102 valence electrons. The predicted molar refractivity (Wildman–Crippen MR) is 69.7 cm³/mol. The maximum Gasteiger partial charge on any atom is 0.269 e.